The maximum Gasteiger partial charge on any atom is 0.227 e. The molecule has 0 bridgehead atoms. The number of carbonyl (C=O) groups is 1. The lowest BCUT2D eigenvalue weighted by Gasteiger charge is -2.31. The fourth-order valence-electron chi connectivity index (χ4n) is 3.87. The summed E-state index contributed by atoms with van der Waals surface area (Å²) in [7, 11) is 3.94. The molecule has 0 radical (unpaired) electrons. The Labute approximate surface area is 154 Å². The number of benzene rings is 1. The van der Waals surface area contributed by atoms with Gasteiger partial charge in [-0.05, 0) is 24.0 Å². The molecule has 4 rings (SSSR count). The van der Waals surface area contributed by atoms with Crippen molar-refractivity contribution in [3.63, 3.8) is 0 Å². The van der Waals surface area contributed by atoms with E-state index in [1.807, 2.05) is 30.0 Å². The number of aromatic nitrogens is 2. The molecule has 3 heterocycles. The third-order valence-corrected chi connectivity index (χ3v) is 5.40. The molecule has 1 aromatic heterocycles. The van der Waals surface area contributed by atoms with E-state index in [9.17, 15) is 4.79 Å². The van der Waals surface area contributed by atoms with E-state index >= 15 is 0 Å². The molecule has 136 valence electrons. The Morgan fingerprint density at radius 2 is 1.96 bits per heavy atom. The molecule has 0 N–H and O–H groups in total. The van der Waals surface area contributed by atoms with Gasteiger partial charge in [0.2, 0.25) is 5.91 Å². The summed E-state index contributed by atoms with van der Waals surface area (Å²) in [5.41, 5.74) is 2.66. The quantitative estimate of drug-likeness (QED) is 0.846. The molecule has 1 saturated heterocycles. The summed E-state index contributed by atoms with van der Waals surface area (Å²) in [4.78, 5) is 27.9. The molecule has 6 heteroatoms. The van der Waals surface area contributed by atoms with Crippen LogP contribution in [0.4, 0.5) is 11.6 Å². The van der Waals surface area contributed by atoms with Crippen LogP contribution in [0.25, 0.3) is 0 Å². The Morgan fingerprint density at radius 1 is 1.15 bits per heavy atom. The van der Waals surface area contributed by atoms with Crippen molar-refractivity contribution >= 4 is 17.5 Å². The predicted molar refractivity (Wildman–Crippen MR) is 102 cm³/mol. The molecule has 2 aliphatic rings. The average Bonchev–Trinajstić information content (AvgIpc) is 3.17. The summed E-state index contributed by atoms with van der Waals surface area (Å²) in [5.74, 6) is 2.13. The minimum Gasteiger partial charge on any atom is -0.363 e. The summed E-state index contributed by atoms with van der Waals surface area (Å²) in [5, 5.41) is 0. The lowest BCUT2D eigenvalue weighted by atomic mass is 9.98. The van der Waals surface area contributed by atoms with Gasteiger partial charge in [0.25, 0.3) is 0 Å². The van der Waals surface area contributed by atoms with Crippen LogP contribution in [0, 0.1) is 5.92 Å². The minimum absolute atomic E-state index is 0.0537. The number of carbonyl (C=O) groups excluding carboxylic acids is 1. The zero-order valence-electron chi connectivity index (χ0n) is 15.4. The van der Waals surface area contributed by atoms with Gasteiger partial charge < -0.3 is 14.7 Å². The van der Waals surface area contributed by atoms with Crippen molar-refractivity contribution in [2.45, 2.75) is 19.4 Å². The van der Waals surface area contributed by atoms with Crippen LogP contribution in [0.5, 0.6) is 0 Å². The van der Waals surface area contributed by atoms with Gasteiger partial charge in [-0.15, -0.1) is 0 Å². The molecule has 0 aliphatic carbocycles. The van der Waals surface area contributed by atoms with Gasteiger partial charge in [0, 0.05) is 46.3 Å². The Bertz CT molecular complexity index is 806. The third kappa shape index (κ3) is 3.23. The van der Waals surface area contributed by atoms with Crippen LogP contribution >= 0.6 is 0 Å². The van der Waals surface area contributed by atoms with E-state index in [-0.39, 0.29) is 11.8 Å². The van der Waals surface area contributed by atoms with Crippen LogP contribution in [0.3, 0.4) is 0 Å². The summed E-state index contributed by atoms with van der Waals surface area (Å²) in [6, 6.07) is 10.4. The van der Waals surface area contributed by atoms with Crippen LogP contribution in [-0.2, 0) is 17.8 Å². The van der Waals surface area contributed by atoms with Crippen LogP contribution in [0.15, 0.2) is 36.7 Å². The van der Waals surface area contributed by atoms with Crippen molar-refractivity contribution in [1.82, 2.24) is 14.9 Å². The Hall–Kier alpha value is -2.63. The van der Waals surface area contributed by atoms with Crippen LogP contribution in [-0.4, -0.2) is 54.5 Å². The second-order valence-electron chi connectivity index (χ2n) is 7.34. The van der Waals surface area contributed by atoms with E-state index in [0.717, 1.165) is 50.7 Å². The number of fused-ring (bicyclic) bond motifs is 1. The largest absolute Gasteiger partial charge is 0.363 e. The van der Waals surface area contributed by atoms with Gasteiger partial charge in [-0.3, -0.25) is 4.79 Å². The molecule has 6 nitrogen and oxygen atoms in total. The molecule has 1 amide bonds. The maximum absolute atomic E-state index is 13.0. The first-order chi connectivity index (χ1) is 12.6. The van der Waals surface area contributed by atoms with Crippen LogP contribution < -0.4 is 9.80 Å². The van der Waals surface area contributed by atoms with Crippen molar-refractivity contribution in [1.29, 1.82) is 0 Å². The topological polar surface area (TPSA) is 52.6 Å². The Kier molecular flexibility index (Phi) is 4.49. The molecule has 1 aromatic carbocycles. The van der Waals surface area contributed by atoms with E-state index in [1.165, 1.54) is 11.1 Å². The normalized spacial score (nSPS) is 19.4. The van der Waals surface area contributed by atoms with Gasteiger partial charge in [0.15, 0.2) is 0 Å². The summed E-state index contributed by atoms with van der Waals surface area (Å²) in [6.45, 7) is 3.17. The van der Waals surface area contributed by atoms with Crippen molar-refractivity contribution in [3.05, 3.63) is 47.8 Å². The highest BCUT2D eigenvalue weighted by atomic mass is 16.2. The molecule has 1 unspecified atom stereocenters. The van der Waals surface area contributed by atoms with E-state index in [2.05, 4.69) is 39.1 Å². The van der Waals surface area contributed by atoms with E-state index < -0.39 is 0 Å². The number of anilines is 2. The monoisotopic (exact) mass is 351 g/mol. The number of nitrogens with zero attached hydrogens (tertiary/aromatic N) is 5. The van der Waals surface area contributed by atoms with Crippen molar-refractivity contribution in [2.24, 2.45) is 5.92 Å². The van der Waals surface area contributed by atoms with Gasteiger partial charge in [0.05, 0.1) is 5.92 Å². The molecule has 1 fully saturated rings. The number of hydrogen-bond donors (Lipinski definition) is 0. The van der Waals surface area contributed by atoms with E-state index in [0.29, 0.717) is 0 Å². The summed E-state index contributed by atoms with van der Waals surface area (Å²) < 4.78 is 0. The predicted octanol–water partition coefficient (Wildman–Crippen LogP) is 1.95. The summed E-state index contributed by atoms with van der Waals surface area (Å²) in [6.07, 6.45) is 3.44. The maximum atomic E-state index is 13.0. The molecule has 2 aliphatic heterocycles. The standard InChI is InChI=1S/C20H25N5O/c1-23(2)18-11-19(22-14-21-18)24-9-8-17(13-24)20(26)25-10-7-15-5-3-4-6-16(15)12-25/h3-6,11,14,17H,7-10,12-13H2,1-2H3. The average molecular weight is 351 g/mol. The highest BCUT2D eigenvalue weighted by Crippen LogP contribution is 2.27. The van der Waals surface area contributed by atoms with Crippen molar-refractivity contribution in [2.75, 3.05) is 43.5 Å². The van der Waals surface area contributed by atoms with Crippen LogP contribution in [0.1, 0.15) is 17.5 Å². The zero-order valence-corrected chi connectivity index (χ0v) is 15.4. The van der Waals surface area contributed by atoms with Crippen LogP contribution in [0.2, 0.25) is 0 Å². The van der Waals surface area contributed by atoms with Gasteiger partial charge in [-0.1, -0.05) is 24.3 Å². The second-order valence-corrected chi connectivity index (χ2v) is 7.34. The zero-order chi connectivity index (χ0) is 18.1. The molecular formula is C20H25N5O. The van der Waals surface area contributed by atoms with Crippen molar-refractivity contribution < 1.29 is 4.79 Å². The fourth-order valence-corrected chi connectivity index (χ4v) is 3.87. The van der Waals surface area contributed by atoms with E-state index in [1.54, 1.807) is 6.33 Å². The first-order valence-corrected chi connectivity index (χ1v) is 9.21. The highest BCUT2D eigenvalue weighted by molar-refractivity contribution is 5.80. The number of hydrogen-bond acceptors (Lipinski definition) is 5. The van der Waals surface area contributed by atoms with Gasteiger partial charge >= 0.3 is 0 Å². The molecule has 0 spiro atoms. The smallest absolute Gasteiger partial charge is 0.227 e. The third-order valence-electron chi connectivity index (χ3n) is 5.40. The first kappa shape index (κ1) is 16.8. The fraction of sp³-hybridized carbons (Fsp3) is 0.450. The molecule has 0 saturated carbocycles. The molecule has 26 heavy (non-hydrogen) atoms. The Balaban J connectivity index is 1.43. The van der Waals surface area contributed by atoms with Gasteiger partial charge in [-0.25, -0.2) is 9.97 Å². The van der Waals surface area contributed by atoms with E-state index in [4.69, 9.17) is 0 Å². The second kappa shape index (κ2) is 6.94. The number of amides is 1. The molecule has 2 aromatic rings. The van der Waals surface area contributed by atoms with Crippen molar-refractivity contribution in [3.8, 4) is 0 Å². The number of rotatable bonds is 3. The minimum atomic E-state index is 0.0537. The first-order valence-electron chi connectivity index (χ1n) is 9.21. The molecule has 1 atom stereocenters. The summed E-state index contributed by atoms with van der Waals surface area (Å²) >= 11 is 0. The SMILES string of the molecule is CN(C)c1cc(N2CCC(C(=O)N3CCc4ccccc4C3)C2)ncn1. The van der Waals surface area contributed by atoms with Gasteiger partial charge in [0.1, 0.15) is 18.0 Å². The molecular weight excluding hydrogens is 326 g/mol. The Morgan fingerprint density at radius 3 is 2.77 bits per heavy atom. The lowest BCUT2D eigenvalue weighted by Crippen LogP contribution is -2.40. The highest BCUT2D eigenvalue weighted by Gasteiger charge is 2.33. The lowest BCUT2D eigenvalue weighted by molar-refractivity contribution is -0.135. The van der Waals surface area contributed by atoms with Gasteiger partial charge in [-0.2, -0.15) is 0 Å².